The largest absolute Gasteiger partial charge is 0.513 e. The van der Waals surface area contributed by atoms with Gasteiger partial charge in [0.2, 0.25) is 5.91 Å². The van der Waals surface area contributed by atoms with Crippen molar-refractivity contribution in [2.75, 3.05) is 11.9 Å². The highest BCUT2D eigenvalue weighted by molar-refractivity contribution is 6.31. The van der Waals surface area contributed by atoms with Gasteiger partial charge in [0.25, 0.3) is 5.91 Å². The van der Waals surface area contributed by atoms with Crippen molar-refractivity contribution in [2.24, 2.45) is 0 Å². The number of hydrogen-bond donors (Lipinski definition) is 2. The molecule has 0 aromatic heterocycles. The summed E-state index contributed by atoms with van der Waals surface area (Å²) >= 11 is 6.11. The number of amides is 2. The quantitative estimate of drug-likeness (QED) is 0.360. The maximum absolute atomic E-state index is 12.4. The van der Waals surface area contributed by atoms with Gasteiger partial charge in [-0.1, -0.05) is 41.9 Å². The van der Waals surface area contributed by atoms with Crippen molar-refractivity contribution in [2.45, 2.75) is 19.9 Å². The number of hydrogen-bond acceptors (Lipinski definition) is 5. The summed E-state index contributed by atoms with van der Waals surface area (Å²) in [6, 6.07) is 20.5. The smallest absolute Gasteiger partial charge is 0.434 e. The number of carbonyl (C=O) groups excluding carboxylic acids is 3. The number of rotatable bonds is 8. The minimum Gasteiger partial charge on any atom is -0.434 e. The standard InChI is InChI=1S/C25H23ClN2O5/c1-2-32-25(31)33-21-12-10-18(11-13-21)24(30)27-16-17-6-5-8-20(14-17)28-23(29)15-19-7-3-4-9-22(19)26/h3-14H,2,15-16H2,1H3,(H,27,30)(H,28,29). The Bertz CT molecular complexity index is 1130. The first-order chi connectivity index (χ1) is 15.9. The first-order valence-corrected chi connectivity index (χ1v) is 10.7. The maximum atomic E-state index is 12.4. The summed E-state index contributed by atoms with van der Waals surface area (Å²) in [6.45, 7) is 2.17. The lowest BCUT2D eigenvalue weighted by Gasteiger charge is -2.10. The van der Waals surface area contributed by atoms with Crippen LogP contribution in [-0.4, -0.2) is 24.6 Å². The van der Waals surface area contributed by atoms with Gasteiger partial charge in [0, 0.05) is 22.8 Å². The highest BCUT2D eigenvalue weighted by Gasteiger charge is 2.10. The van der Waals surface area contributed by atoms with Crippen LogP contribution in [0.15, 0.2) is 72.8 Å². The third-order valence-electron chi connectivity index (χ3n) is 4.55. The Kier molecular flexibility index (Phi) is 8.43. The van der Waals surface area contributed by atoms with Gasteiger partial charge in [0.1, 0.15) is 5.75 Å². The predicted molar refractivity (Wildman–Crippen MR) is 125 cm³/mol. The molecule has 0 bridgehead atoms. The van der Waals surface area contributed by atoms with E-state index in [2.05, 4.69) is 10.6 Å². The molecule has 0 unspecified atom stereocenters. The van der Waals surface area contributed by atoms with E-state index in [0.29, 0.717) is 16.3 Å². The third kappa shape index (κ3) is 7.36. The van der Waals surface area contributed by atoms with E-state index in [4.69, 9.17) is 21.1 Å². The van der Waals surface area contributed by atoms with Crippen molar-refractivity contribution in [1.82, 2.24) is 5.32 Å². The molecule has 0 saturated carbocycles. The zero-order valence-corrected chi connectivity index (χ0v) is 18.7. The molecule has 0 spiro atoms. The number of carbonyl (C=O) groups is 3. The van der Waals surface area contributed by atoms with E-state index < -0.39 is 6.16 Å². The summed E-state index contributed by atoms with van der Waals surface area (Å²) in [4.78, 5) is 36.1. The second-order valence-electron chi connectivity index (χ2n) is 7.01. The Morgan fingerprint density at radius 2 is 1.70 bits per heavy atom. The molecule has 3 aromatic carbocycles. The van der Waals surface area contributed by atoms with Crippen LogP contribution in [-0.2, 0) is 22.5 Å². The molecular formula is C25H23ClN2O5. The highest BCUT2D eigenvalue weighted by atomic mass is 35.5. The number of anilines is 1. The van der Waals surface area contributed by atoms with E-state index in [1.54, 1.807) is 43.3 Å². The van der Waals surface area contributed by atoms with Crippen LogP contribution in [0.2, 0.25) is 5.02 Å². The van der Waals surface area contributed by atoms with Gasteiger partial charge in [-0.3, -0.25) is 9.59 Å². The molecular weight excluding hydrogens is 444 g/mol. The van der Waals surface area contributed by atoms with Gasteiger partial charge in [-0.15, -0.1) is 0 Å². The Hall–Kier alpha value is -3.84. The van der Waals surface area contributed by atoms with Crippen molar-refractivity contribution in [1.29, 1.82) is 0 Å². The summed E-state index contributed by atoms with van der Waals surface area (Å²) in [5.74, 6) is -0.189. The normalized spacial score (nSPS) is 10.2. The van der Waals surface area contributed by atoms with Gasteiger partial charge in [-0.2, -0.15) is 0 Å². The molecule has 3 aromatic rings. The second-order valence-corrected chi connectivity index (χ2v) is 7.42. The molecule has 0 atom stereocenters. The molecule has 33 heavy (non-hydrogen) atoms. The van der Waals surface area contributed by atoms with Gasteiger partial charge >= 0.3 is 6.16 Å². The van der Waals surface area contributed by atoms with Crippen molar-refractivity contribution < 1.29 is 23.9 Å². The van der Waals surface area contributed by atoms with E-state index >= 15 is 0 Å². The fourth-order valence-electron chi connectivity index (χ4n) is 2.98. The van der Waals surface area contributed by atoms with E-state index in [0.717, 1.165) is 11.1 Å². The van der Waals surface area contributed by atoms with Gasteiger partial charge in [-0.05, 0) is 60.5 Å². The van der Waals surface area contributed by atoms with Gasteiger partial charge < -0.3 is 20.1 Å². The molecule has 0 aliphatic rings. The predicted octanol–water partition coefficient (Wildman–Crippen LogP) is 4.99. The highest BCUT2D eigenvalue weighted by Crippen LogP contribution is 2.17. The van der Waals surface area contributed by atoms with Crippen LogP contribution in [0.4, 0.5) is 10.5 Å². The van der Waals surface area contributed by atoms with Gasteiger partial charge in [0.05, 0.1) is 13.0 Å². The van der Waals surface area contributed by atoms with E-state index in [9.17, 15) is 14.4 Å². The lowest BCUT2D eigenvalue weighted by atomic mass is 10.1. The second kappa shape index (κ2) is 11.7. The van der Waals surface area contributed by atoms with Crippen LogP contribution in [0.5, 0.6) is 5.75 Å². The fourth-order valence-corrected chi connectivity index (χ4v) is 3.18. The molecule has 0 fully saturated rings. The minimum absolute atomic E-state index is 0.163. The average Bonchev–Trinajstić information content (AvgIpc) is 2.80. The summed E-state index contributed by atoms with van der Waals surface area (Å²) in [6.07, 6.45) is -0.634. The van der Waals surface area contributed by atoms with Crippen molar-refractivity contribution in [3.8, 4) is 5.75 Å². The molecule has 0 radical (unpaired) electrons. The molecule has 7 nitrogen and oxygen atoms in total. The summed E-state index contributed by atoms with van der Waals surface area (Å²) in [5.41, 5.74) is 2.61. The lowest BCUT2D eigenvalue weighted by Crippen LogP contribution is -2.23. The first kappa shape index (κ1) is 23.8. The van der Waals surface area contributed by atoms with E-state index in [1.165, 1.54) is 12.1 Å². The number of halogens is 1. The fraction of sp³-hybridized carbons (Fsp3) is 0.160. The Balaban J connectivity index is 1.52. The molecule has 0 saturated heterocycles. The van der Waals surface area contributed by atoms with Gasteiger partial charge in [-0.25, -0.2) is 4.79 Å². The number of ether oxygens (including phenoxy) is 2. The summed E-state index contributed by atoms with van der Waals surface area (Å²) < 4.78 is 9.68. The Morgan fingerprint density at radius 1 is 0.939 bits per heavy atom. The number of benzene rings is 3. The monoisotopic (exact) mass is 466 g/mol. The minimum atomic E-state index is -0.798. The van der Waals surface area contributed by atoms with E-state index in [-0.39, 0.29) is 37.1 Å². The molecule has 2 N–H and O–H groups in total. The molecule has 170 valence electrons. The number of nitrogens with one attached hydrogen (secondary N) is 2. The Labute approximate surface area is 196 Å². The summed E-state index contributed by atoms with van der Waals surface area (Å²) in [7, 11) is 0. The molecule has 0 aliphatic heterocycles. The van der Waals surface area contributed by atoms with E-state index in [1.807, 2.05) is 24.3 Å². The van der Waals surface area contributed by atoms with Crippen LogP contribution >= 0.6 is 11.6 Å². The SMILES string of the molecule is CCOC(=O)Oc1ccc(C(=O)NCc2cccc(NC(=O)Cc3ccccc3Cl)c2)cc1. The Morgan fingerprint density at radius 3 is 2.42 bits per heavy atom. The van der Waals surface area contributed by atoms with Crippen LogP contribution in [0.25, 0.3) is 0 Å². The van der Waals surface area contributed by atoms with Crippen LogP contribution in [0.1, 0.15) is 28.4 Å². The molecule has 8 heteroatoms. The molecule has 3 rings (SSSR count). The van der Waals surface area contributed by atoms with Crippen LogP contribution in [0.3, 0.4) is 0 Å². The molecule has 0 heterocycles. The zero-order valence-electron chi connectivity index (χ0n) is 18.0. The lowest BCUT2D eigenvalue weighted by molar-refractivity contribution is -0.115. The van der Waals surface area contributed by atoms with Crippen molar-refractivity contribution >= 4 is 35.3 Å². The maximum Gasteiger partial charge on any atom is 0.513 e. The zero-order chi connectivity index (χ0) is 23.6. The molecule has 2 amide bonds. The first-order valence-electron chi connectivity index (χ1n) is 10.3. The van der Waals surface area contributed by atoms with Gasteiger partial charge in [0.15, 0.2) is 0 Å². The molecule has 0 aliphatic carbocycles. The topological polar surface area (TPSA) is 93.7 Å². The van der Waals surface area contributed by atoms with Crippen LogP contribution in [0, 0.1) is 0 Å². The average molecular weight is 467 g/mol. The third-order valence-corrected chi connectivity index (χ3v) is 4.92. The van der Waals surface area contributed by atoms with Crippen molar-refractivity contribution in [3.63, 3.8) is 0 Å². The van der Waals surface area contributed by atoms with Crippen molar-refractivity contribution in [3.05, 3.63) is 94.5 Å². The summed E-state index contributed by atoms with van der Waals surface area (Å²) in [5, 5.41) is 6.21. The van der Waals surface area contributed by atoms with Crippen LogP contribution < -0.4 is 15.4 Å².